The molecular formula is C17H17NO3. The van der Waals surface area contributed by atoms with Gasteiger partial charge in [-0.3, -0.25) is 4.79 Å². The highest BCUT2D eigenvalue weighted by atomic mass is 16.5. The first-order chi connectivity index (χ1) is 10.1. The second-order valence-corrected chi connectivity index (χ2v) is 5.21. The molecule has 2 aromatic carbocycles. The van der Waals surface area contributed by atoms with Crippen LogP contribution in [0.25, 0.3) is 0 Å². The molecule has 0 bridgehead atoms. The normalized spacial score (nSPS) is 18.0. The number of nitrogens with one attached hydrogen (secondary N) is 1. The van der Waals surface area contributed by atoms with E-state index in [1.165, 1.54) is 0 Å². The van der Waals surface area contributed by atoms with Crippen LogP contribution < -0.4 is 10.1 Å². The number of carbonyl (C=O) groups is 1. The number of amides is 1. The summed E-state index contributed by atoms with van der Waals surface area (Å²) >= 11 is 0. The van der Waals surface area contributed by atoms with E-state index in [4.69, 9.17) is 4.74 Å². The van der Waals surface area contributed by atoms with Crippen LogP contribution in [0.15, 0.2) is 42.5 Å². The van der Waals surface area contributed by atoms with Gasteiger partial charge in [-0.05, 0) is 41.8 Å². The number of methoxy groups -OCH3 is 1. The molecule has 1 heterocycles. The van der Waals surface area contributed by atoms with Crippen LogP contribution in [0.1, 0.15) is 39.2 Å². The first-order valence-electron chi connectivity index (χ1n) is 6.84. The average molecular weight is 283 g/mol. The Kier molecular flexibility index (Phi) is 3.39. The zero-order chi connectivity index (χ0) is 15.0. The van der Waals surface area contributed by atoms with Crippen molar-refractivity contribution in [2.24, 2.45) is 0 Å². The molecule has 2 atom stereocenters. The minimum absolute atomic E-state index is 0.133. The van der Waals surface area contributed by atoms with Gasteiger partial charge in [-0.2, -0.15) is 0 Å². The Balaban J connectivity index is 1.96. The van der Waals surface area contributed by atoms with Crippen molar-refractivity contribution >= 4 is 5.91 Å². The van der Waals surface area contributed by atoms with E-state index in [0.29, 0.717) is 5.56 Å². The fourth-order valence-electron chi connectivity index (χ4n) is 2.81. The summed E-state index contributed by atoms with van der Waals surface area (Å²) in [4.78, 5) is 12.0. The minimum Gasteiger partial charge on any atom is -0.497 e. The zero-order valence-corrected chi connectivity index (χ0v) is 12.0. The van der Waals surface area contributed by atoms with E-state index < -0.39 is 12.1 Å². The third kappa shape index (κ3) is 2.28. The maximum absolute atomic E-state index is 12.0. The molecule has 0 fully saturated rings. The van der Waals surface area contributed by atoms with Crippen LogP contribution in [-0.2, 0) is 0 Å². The number of hydrogen-bond donors (Lipinski definition) is 2. The highest BCUT2D eigenvalue weighted by molar-refractivity contribution is 5.99. The quantitative estimate of drug-likeness (QED) is 0.910. The van der Waals surface area contributed by atoms with E-state index in [-0.39, 0.29) is 5.91 Å². The van der Waals surface area contributed by atoms with Gasteiger partial charge in [0.2, 0.25) is 0 Å². The van der Waals surface area contributed by atoms with Crippen LogP contribution >= 0.6 is 0 Å². The van der Waals surface area contributed by atoms with E-state index in [1.54, 1.807) is 25.3 Å². The molecule has 1 aliphatic rings. The maximum atomic E-state index is 12.0. The molecule has 2 N–H and O–H groups in total. The molecule has 3 rings (SSSR count). The average Bonchev–Trinajstić information content (AvgIpc) is 2.85. The molecule has 1 amide bonds. The van der Waals surface area contributed by atoms with E-state index in [9.17, 15) is 9.90 Å². The number of benzene rings is 2. The molecule has 2 aromatic rings. The number of hydrogen-bond acceptors (Lipinski definition) is 3. The Labute approximate surface area is 123 Å². The van der Waals surface area contributed by atoms with E-state index in [0.717, 1.165) is 22.4 Å². The largest absolute Gasteiger partial charge is 0.497 e. The van der Waals surface area contributed by atoms with Crippen molar-refractivity contribution in [3.05, 3.63) is 64.7 Å². The van der Waals surface area contributed by atoms with Crippen molar-refractivity contribution < 1.29 is 14.6 Å². The molecule has 0 saturated carbocycles. The highest BCUT2D eigenvalue weighted by Crippen LogP contribution is 2.37. The molecule has 0 radical (unpaired) electrons. The second kappa shape index (κ2) is 5.22. The smallest absolute Gasteiger partial charge is 0.252 e. The SMILES string of the molecule is COc1ccc(C(O)C2NC(=O)c3cccc(C)c32)cc1. The molecule has 0 aromatic heterocycles. The standard InChI is InChI=1S/C17H17NO3/c1-10-4-3-5-13-14(10)15(18-17(13)20)16(19)11-6-8-12(21-2)9-7-11/h3-9,15-16,19H,1-2H3,(H,18,20). The van der Waals surface area contributed by atoms with Gasteiger partial charge in [-0.15, -0.1) is 0 Å². The fraction of sp³-hybridized carbons (Fsp3) is 0.235. The van der Waals surface area contributed by atoms with E-state index in [1.807, 2.05) is 31.2 Å². The number of ether oxygens (including phenoxy) is 1. The number of aryl methyl sites for hydroxylation is 1. The summed E-state index contributed by atoms with van der Waals surface area (Å²) in [5.41, 5.74) is 3.28. The van der Waals surface area contributed by atoms with Crippen molar-refractivity contribution in [2.75, 3.05) is 7.11 Å². The molecule has 0 aliphatic carbocycles. The molecule has 2 unspecified atom stereocenters. The van der Waals surface area contributed by atoms with Gasteiger partial charge in [-0.1, -0.05) is 24.3 Å². The summed E-state index contributed by atoms with van der Waals surface area (Å²) in [6.07, 6.45) is -0.790. The lowest BCUT2D eigenvalue weighted by atomic mass is 9.92. The summed E-state index contributed by atoms with van der Waals surface area (Å²) in [5, 5.41) is 13.5. The Bertz CT molecular complexity index is 679. The summed E-state index contributed by atoms with van der Waals surface area (Å²) < 4.78 is 5.12. The molecule has 1 aliphatic heterocycles. The number of fused-ring (bicyclic) bond motifs is 1. The van der Waals surface area contributed by atoms with Crippen molar-refractivity contribution in [2.45, 2.75) is 19.1 Å². The van der Waals surface area contributed by atoms with Crippen LogP contribution in [0, 0.1) is 6.92 Å². The van der Waals surface area contributed by atoms with E-state index >= 15 is 0 Å². The van der Waals surface area contributed by atoms with Crippen LogP contribution in [0.3, 0.4) is 0 Å². The molecule has 0 saturated heterocycles. The lowest BCUT2D eigenvalue weighted by Gasteiger charge is -2.21. The van der Waals surface area contributed by atoms with Gasteiger partial charge in [0.15, 0.2) is 0 Å². The van der Waals surface area contributed by atoms with Gasteiger partial charge in [0.05, 0.1) is 13.2 Å². The summed E-state index contributed by atoms with van der Waals surface area (Å²) in [6.45, 7) is 1.95. The predicted octanol–water partition coefficient (Wildman–Crippen LogP) is 2.52. The molecule has 108 valence electrons. The molecule has 4 heteroatoms. The van der Waals surface area contributed by atoms with E-state index in [2.05, 4.69) is 5.32 Å². The minimum atomic E-state index is -0.790. The Morgan fingerprint density at radius 1 is 1.19 bits per heavy atom. The van der Waals surface area contributed by atoms with Crippen molar-refractivity contribution in [1.29, 1.82) is 0 Å². The maximum Gasteiger partial charge on any atom is 0.252 e. The van der Waals surface area contributed by atoms with Gasteiger partial charge in [0, 0.05) is 5.56 Å². The van der Waals surface area contributed by atoms with Crippen molar-refractivity contribution in [3.63, 3.8) is 0 Å². The number of carbonyl (C=O) groups excluding carboxylic acids is 1. The first-order valence-corrected chi connectivity index (χ1v) is 6.84. The van der Waals surface area contributed by atoms with Crippen LogP contribution in [0.2, 0.25) is 0 Å². The van der Waals surface area contributed by atoms with Crippen LogP contribution in [-0.4, -0.2) is 18.1 Å². The van der Waals surface area contributed by atoms with Crippen molar-refractivity contribution in [3.8, 4) is 5.75 Å². The number of aliphatic hydroxyl groups is 1. The molecule has 4 nitrogen and oxygen atoms in total. The third-order valence-electron chi connectivity index (χ3n) is 3.94. The number of aliphatic hydroxyl groups excluding tert-OH is 1. The van der Waals surface area contributed by atoms with Gasteiger partial charge in [0.1, 0.15) is 11.9 Å². The Morgan fingerprint density at radius 3 is 2.57 bits per heavy atom. The lowest BCUT2D eigenvalue weighted by molar-refractivity contribution is 0.0880. The summed E-state index contributed by atoms with van der Waals surface area (Å²) in [7, 11) is 1.60. The van der Waals surface area contributed by atoms with Crippen molar-refractivity contribution in [1.82, 2.24) is 5.32 Å². The first kappa shape index (κ1) is 13.6. The molecular weight excluding hydrogens is 266 g/mol. The third-order valence-corrected chi connectivity index (χ3v) is 3.94. The van der Waals surface area contributed by atoms with Crippen LogP contribution in [0.4, 0.5) is 0 Å². The molecule has 0 spiro atoms. The Morgan fingerprint density at radius 2 is 1.90 bits per heavy atom. The number of rotatable bonds is 3. The second-order valence-electron chi connectivity index (χ2n) is 5.21. The summed E-state index contributed by atoms with van der Waals surface area (Å²) in [6, 6.07) is 12.4. The van der Waals surface area contributed by atoms with Crippen LogP contribution in [0.5, 0.6) is 5.75 Å². The monoisotopic (exact) mass is 283 g/mol. The Hall–Kier alpha value is -2.33. The summed E-state index contributed by atoms with van der Waals surface area (Å²) in [5.74, 6) is 0.601. The lowest BCUT2D eigenvalue weighted by Crippen LogP contribution is -2.24. The zero-order valence-electron chi connectivity index (χ0n) is 12.0. The molecule has 21 heavy (non-hydrogen) atoms. The highest BCUT2D eigenvalue weighted by Gasteiger charge is 2.35. The fourth-order valence-corrected chi connectivity index (χ4v) is 2.81. The van der Waals surface area contributed by atoms with Gasteiger partial charge >= 0.3 is 0 Å². The van der Waals surface area contributed by atoms with Gasteiger partial charge < -0.3 is 15.2 Å². The topological polar surface area (TPSA) is 58.6 Å². The van der Waals surface area contributed by atoms with Gasteiger partial charge in [-0.25, -0.2) is 0 Å². The van der Waals surface area contributed by atoms with Gasteiger partial charge in [0.25, 0.3) is 5.91 Å². The predicted molar refractivity (Wildman–Crippen MR) is 79.3 cm³/mol.